The highest BCUT2D eigenvalue weighted by Gasteiger charge is 2.34. The van der Waals surface area contributed by atoms with Crippen LogP contribution in [0.5, 0.6) is 0 Å². The van der Waals surface area contributed by atoms with Gasteiger partial charge in [-0.25, -0.2) is 0 Å². The molecule has 2 rings (SSSR count). The molecule has 1 saturated heterocycles. The summed E-state index contributed by atoms with van der Waals surface area (Å²) in [6.45, 7) is 2.83. The second-order valence-electron chi connectivity index (χ2n) is 4.92. The fraction of sp³-hybridized carbons (Fsp3) is 0.500. The number of aliphatic hydroxyl groups excluding tert-OH is 1. The largest absolute Gasteiger partial charge is 0.394 e. The number of amides is 1. The molecule has 19 heavy (non-hydrogen) atoms. The number of hydrogen-bond donors (Lipinski definition) is 2. The van der Waals surface area contributed by atoms with Gasteiger partial charge in [-0.15, -0.1) is 0 Å². The molecule has 4 nitrogen and oxygen atoms in total. The van der Waals surface area contributed by atoms with Crippen molar-refractivity contribution < 1.29 is 14.6 Å². The van der Waals surface area contributed by atoms with Crippen molar-refractivity contribution in [2.75, 3.05) is 19.8 Å². The molecular formula is C14H18ClNO3. The number of aliphatic hydroxyl groups is 1. The van der Waals surface area contributed by atoms with E-state index in [2.05, 4.69) is 5.32 Å². The lowest BCUT2D eigenvalue weighted by Gasteiger charge is -2.36. The summed E-state index contributed by atoms with van der Waals surface area (Å²) in [6, 6.07) is 5.24. The Bertz CT molecular complexity index is 470. The molecule has 5 heteroatoms. The Morgan fingerprint density at radius 1 is 1.47 bits per heavy atom. The standard InChI is InChI=1S/C14H18ClNO3/c1-10-11(3-2-4-12(10)15)13(18)16-14(9-17)5-7-19-8-6-14/h2-4,17H,5-9H2,1H3,(H,16,18). The second-order valence-corrected chi connectivity index (χ2v) is 5.32. The quantitative estimate of drug-likeness (QED) is 0.891. The van der Waals surface area contributed by atoms with E-state index in [-0.39, 0.29) is 12.5 Å². The minimum absolute atomic E-state index is 0.0816. The normalized spacial score (nSPS) is 18.1. The topological polar surface area (TPSA) is 58.6 Å². The number of ether oxygens (including phenoxy) is 1. The highest BCUT2D eigenvalue weighted by molar-refractivity contribution is 6.31. The minimum atomic E-state index is -0.579. The van der Waals surface area contributed by atoms with Gasteiger partial charge in [-0.3, -0.25) is 4.79 Å². The summed E-state index contributed by atoms with van der Waals surface area (Å²) in [4.78, 5) is 12.3. The lowest BCUT2D eigenvalue weighted by molar-refractivity contribution is 0.0125. The molecule has 0 aliphatic carbocycles. The van der Waals surface area contributed by atoms with E-state index in [1.807, 2.05) is 6.92 Å². The molecule has 0 saturated carbocycles. The lowest BCUT2D eigenvalue weighted by atomic mass is 9.90. The van der Waals surface area contributed by atoms with Crippen LogP contribution in [-0.2, 0) is 4.74 Å². The number of nitrogens with one attached hydrogen (secondary N) is 1. The Labute approximate surface area is 117 Å². The third-order valence-electron chi connectivity index (χ3n) is 3.64. The second kappa shape index (κ2) is 5.90. The highest BCUT2D eigenvalue weighted by Crippen LogP contribution is 2.23. The molecule has 0 spiro atoms. The SMILES string of the molecule is Cc1c(Cl)cccc1C(=O)NC1(CO)CCOCC1. The van der Waals surface area contributed by atoms with Gasteiger partial charge in [0.25, 0.3) is 5.91 Å². The zero-order chi connectivity index (χ0) is 13.9. The Kier molecular flexibility index (Phi) is 4.45. The first-order chi connectivity index (χ1) is 9.08. The van der Waals surface area contributed by atoms with Crippen molar-refractivity contribution in [2.45, 2.75) is 25.3 Å². The summed E-state index contributed by atoms with van der Waals surface area (Å²) in [5, 5.41) is 13.1. The van der Waals surface area contributed by atoms with Crippen molar-refractivity contribution in [3.05, 3.63) is 34.3 Å². The summed E-state index contributed by atoms with van der Waals surface area (Å²) in [5.74, 6) is -0.198. The molecular weight excluding hydrogens is 266 g/mol. The van der Waals surface area contributed by atoms with Gasteiger partial charge in [0, 0.05) is 23.8 Å². The third kappa shape index (κ3) is 3.08. The van der Waals surface area contributed by atoms with Crippen molar-refractivity contribution in [2.24, 2.45) is 0 Å². The van der Waals surface area contributed by atoms with Crippen LogP contribution in [-0.4, -0.2) is 36.4 Å². The van der Waals surface area contributed by atoms with Crippen LogP contribution >= 0.6 is 11.6 Å². The molecule has 1 amide bonds. The minimum Gasteiger partial charge on any atom is -0.394 e. The average Bonchev–Trinajstić information content (AvgIpc) is 2.42. The maximum atomic E-state index is 12.3. The van der Waals surface area contributed by atoms with Gasteiger partial charge in [-0.05, 0) is 37.5 Å². The van der Waals surface area contributed by atoms with Crippen LogP contribution in [0.4, 0.5) is 0 Å². The van der Waals surface area contributed by atoms with Crippen molar-refractivity contribution in [3.63, 3.8) is 0 Å². The summed E-state index contributed by atoms with van der Waals surface area (Å²) >= 11 is 6.02. The van der Waals surface area contributed by atoms with Crippen LogP contribution in [0.3, 0.4) is 0 Å². The number of carbonyl (C=O) groups is 1. The molecule has 1 heterocycles. The molecule has 0 unspecified atom stereocenters. The van der Waals surface area contributed by atoms with Crippen molar-refractivity contribution >= 4 is 17.5 Å². The maximum Gasteiger partial charge on any atom is 0.252 e. The Morgan fingerprint density at radius 3 is 2.79 bits per heavy atom. The fourth-order valence-corrected chi connectivity index (χ4v) is 2.42. The van der Waals surface area contributed by atoms with Crippen LogP contribution in [0, 0.1) is 6.92 Å². The molecule has 2 N–H and O–H groups in total. The molecule has 1 aromatic rings. The first-order valence-corrected chi connectivity index (χ1v) is 6.72. The van der Waals surface area contributed by atoms with Crippen LogP contribution in [0.2, 0.25) is 5.02 Å². The van der Waals surface area contributed by atoms with Crippen molar-refractivity contribution in [1.29, 1.82) is 0 Å². The zero-order valence-corrected chi connectivity index (χ0v) is 11.7. The van der Waals surface area contributed by atoms with Gasteiger partial charge in [0.2, 0.25) is 0 Å². The van der Waals surface area contributed by atoms with E-state index in [0.29, 0.717) is 36.6 Å². The van der Waals surface area contributed by atoms with Crippen LogP contribution in [0.15, 0.2) is 18.2 Å². The number of carbonyl (C=O) groups excluding carboxylic acids is 1. The van der Waals surface area contributed by atoms with Crippen LogP contribution < -0.4 is 5.32 Å². The summed E-state index contributed by atoms with van der Waals surface area (Å²) in [7, 11) is 0. The van der Waals surface area contributed by atoms with E-state index in [1.165, 1.54) is 0 Å². The average molecular weight is 284 g/mol. The number of hydrogen-bond acceptors (Lipinski definition) is 3. The first-order valence-electron chi connectivity index (χ1n) is 6.34. The number of benzene rings is 1. The monoisotopic (exact) mass is 283 g/mol. The molecule has 1 aromatic carbocycles. The summed E-state index contributed by atoms with van der Waals surface area (Å²) < 4.78 is 5.27. The zero-order valence-electron chi connectivity index (χ0n) is 10.9. The Balaban J connectivity index is 2.17. The molecule has 0 bridgehead atoms. The fourth-order valence-electron chi connectivity index (χ4n) is 2.25. The van der Waals surface area contributed by atoms with Gasteiger partial charge < -0.3 is 15.2 Å². The van der Waals surface area contributed by atoms with Gasteiger partial charge >= 0.3 is 0 Å². The Hall–Kier alpha value is -1.10. The lowest BCUT2D eigenvalue weighted by Crippen LogP contribution is -2.54. The van der Waals surface area contributed by atoms with E-state index >= 15 is 0 Å². The molecule has 0 radical (unpaired) electrons. The molecule has 104 valence electrons. The third-order valence-corrected chi connectivity index (χ3v) is 4.05. The molecule has 1 fully saturated rings. The van der Waals surface area contributed by atoms with Crippen LogP contribution in [0.1, 0.15) is 28.8 Å². The Morgan fingerprint density at radius 2 is 2.16 bits per heavy atom. The summed E-state index contributed by atoms with van der Waals surface area (Å²) in [5.41, 5.74) is 0.720. The van der Waals surface area contributed by atoms with E-state index < -0.39 is 5.54 Å². The van der Waals surface area contributed by atoms with E-state index in [0.717, 1.165) is 5.56 Å². The molecule has 1 aliphatic rings. The van der Waals surface area contributed by atoms with Gasteiger partial charge in [-0.2, -0.15) is 0 Å². The molecule has 0 atom stereocenters. The number of rotatable bonds is 3. The first kappa shape index (κ1) is 14.3. The van der Waals surface area contributed by atoms with Gasteiger partial charge in [0.05, 0.1) is 12.1 Å². The smallest absolute Gasteiger partial charge is 0.252 e. The van der Waals surface area contributed by atoms with Gasteiger partial charge in [0.1, 0.15) is 0 Å². The number of halogens is 1. The molecule has 1 aliphatic heterocycles. The van der Waals surface area contributed by atoms with Gasteiger partial charge in [0.15, 0.2) is 0 Å². The van der Waals surface area contributed by atoms with Crippen LogP contribution in [0.25, 0.3) is 0 Å². The van der Waals surface area contributed by atoms with E-state index in [1.54, 1.807) is 18.2 Å². The van der Waals surface area contributed by atoms with Crippen molar-refractivity contribution in [1.82, 2.24) is 5.32 Å². The predicted molar refractivity (Wildman–Crippen MR) is 73.5 cm³/mol. The van der Waals surface area contributed by atoms with E-state index in [9.17, 15) is 9.90 Å². The van der Waals surface area contributed by atoms with Gasteiger partial charge in [-0.1, -0.05) is 17.7 Å². The summed E-state index contributed by atoms with van der Waals surface area (Å²) in [6.07, 6.45) is 1.24. The van der Waals surface area contributed by atoms with Crippen molar-refractivity contribution in [3.8, 4) is 0 Å². The maximum absolute atomic E-state index is 12.3. The molecule has 0 aromatic heterocycles. The highest BCUT2D eigenvalue weighted by atomic mass is 35.5. The van der Waals surface area contributed by atoms with E-state index in [4.69, 9.17) is 16.3 Å². The predicted octanol–water partition coefficient (Wildman–Crippen LogP) is 1.92.